The highest BCUT2D eigenvalue weighted by atomic mass is 32.1. The van der Waals surface area contributed by atoms with Crippen molar-refractivity contribution in [3.8, 4) is 11.1 Å². The Labute approximate surface area is 364 Å². The lowest BCUT2D eigenvalue weighted by Gasteiger charge is -2.38. The van der Waals surface area contributed by atoms with Crippen molar-refractivity contribution >= 4 is 65.4 Å². The summed E-state index contributed by atoms with van der Waals surface area (Å²) in [4.78, 5) is 15.4. The Morgan fingerprint density at radius 3 is 2.16 bits per heavy atom. The van der Waals surface area contributed by atoms with E-state index >= 15 is 0 Å². The van der Waals surface area contributed by atoms with Crippen LogP contribution < -0.4 is 4.90 Å². The van der Waals surface area contributed by atoms with Crippen LogP contribution in [0, 0.1) is 0 Å². The van der Waals surface area contributed by atoms with Crippen molar-refractivity contribution in [2.75, 3.05) is 19.0 Å². The van der Waals surface area contributed by atoms with Crippen LogP contribution in [0.15, 0.2) is 202 Å². The summed E-state index contributed by atoms with van der Waals surface area (Å²) in [6, 6.07) is 60.5. The molecule has 3 aliphatic rings. The van der Waals surface area contributed by atoms with Gasteiger partial charge in [-0.2, -0.15) is 0 Å². The van der Waals surface area contributed by atoms with Gasteiger partial charge in [-0.1, -0.05) is 158 Å². The lowest BCUT2D eigenvalue weighted by molar-refractivity contribution is 0.382. The molecule has 4 heterocycles. The number of amidine groups is 2. The number of aliphatic imine (C=N–C) groups is 2. The molecule has 0 saturated heterocycles. The molecule has 0 amide bonds. The molecule has 0 bridgehead atoms. The standard InChI is InChI=1S/C56H42N4OS/c1-59-46-27-15-24-41(37-32-30-36(31-33-37)35-16-5-3-6-17-35)49(46)50-44-23-9-11-28-47(44)61-52(50)51(59)39-20-13-21-40(34-39)55-57-54(38-18-7-4-8-19-38)58-56(60(55)2)45-26-14-25-43-42-22-10-12-29-48(42)62-53(43)45/h3-32,34,37,51,55H,33H2,1-2H3. The van der Waals surface area contributed by atoms with Crippen molar-refractivity contribution in [2.45, 2.75) is 24.5 Å². The zero-order valence-electron chi connectivity index (χ0n) is 34.4. The Morgan fingerprint density at radius 1 is 0.629 bits per heavy atom. The maximum Gasteiger partial charge on any atom is 0.159 e. The number of rotatable bonds is 6. The SMILES string of the molecule is CN1C(c2cccc3c2sc2ccccc23)=NC(c2ccccc2)=NC1c1cccc(C2c3oc4ccccc4c3-c3c(C4C=CC(c5ccccc5)=CC4)cccc3N2C)c1. The van der Waals surface area contributed by atoms with Gasteiger partial charge in [-0.15, -0.1) is 11.3 Å². The summed E-state index contributed by atoms with van der Waals surface area (Å²) < 4.78 is 9.50. The largest absolute Gasteiger partial charge is 0.458 e. The number of furan rings is 1. The fourth-order valence-corrected chi connectivity index (χ4v) is 11.2. The van der Waals surface area contributed by atoms with Crippen LogP contribution in [0.3, 0.4) is 0 Å². The molecule has 0 radical (unpaired) electrons. The van der Waals surface area contributed by atoms with Gasteiger partial charge in [0.1, 0.15) is 23.2 Å². The number of anilines is 1. The predicted molar refractivity (Wildman–Crippen MR) is 259 cm³/mol. The first-order valence-corrected chi connectivity index (χ1v) is 22.2. The first-order chi connectivity index (χ1) is 30.6. The molecule has 5 nitrogen and oxygen atoms in total. The zero-order chi connectivity index (χ0) is 41.3. The van der Waals surface area contributed by atoms with Crippen LogP contribution in [0.4, 0.5) is 5.69 Å². The molecule has 7 aromatic carbocycles. The Hall–Kier alpha value is -7.28. The van der Waals surface area contributed by atoms with Crippen LogP contribution in [0.1, 0.15) is 63.7 Å². The Morgan fingerprint density at radius 2 is 1.34 bits per heavy atom. The van der Waals surface area contributed by atoms with E-state index in [2.05, 4.69) is 206 Å². The zero-order valence-corrected chi connectivity index (χ0v) is 35.3. The Bertz CT molecular complexity index is 3340. The highest BCUT2D eigenvalue weighted by molar-refractivity contribution is 7.26. The van der Waals surface area contributed by atoms with Crippen molar-refractivity contribution in [3.63, 3.8) is 0 Å². The van der Waals surface area contributed by atoms with Gasteiger partial charge in [0.05, 0.1) is 0 Å². The predicted octanol–water partition coefficient (Wildman–Crippen LogP) is 14.0. The lowest BCUT2D eigenvalue weighted by Crippen LogP contribution is -2.36. The summed E-state index contributed by atoms with van der Waals surface area (Å²) in [5, 5.41) is 3.67. The van der Waals surface area contributed by atoms with E-state index in [1.54, 1.807) is 0 Å². The summed E-state index contributed by atoms with van der Waals surface area (Å²) in [6.45, 7) is 0. The van der Waals surface area contributed by atoms with Gasteiger partial charge in [0.25, 0.3) is 0 Å². The second kappa shape index (κ2) is 14.7. The third kappa shape index (κ3) is 5.89. The molecule has 3 unspecified atom stereocenters. The molecule has 0 spiro atoms. The number of hydrogen-bond acceptors (Lipinski definition) is 6. The summed E-state index contributed by atoms with van der Waals surface area (Å²) in [6.07, 6.45) is 7.68. The summed E-state index contributed by atoms with van der Waals surface area (Å²) >= 11 is 1.83. The van der Waals surface area contributed by atoms with Crippen LogP contribution >= 0.6 is 11.3 Å². The average molecular weight is 819 g/mol. The number of para-hydroxylation sites is 1. The monoisotopic (exact) mass is 818 g/mol. The Balaban J connectivity index is 0.964. The first-order valence-electron chi connectivity index (χ1n) is 21.4. The van der Waals surface area contributed by atoms with Gasteiger partial charge in [0.2, 0.25) is 0 Å². The number of allylic oxidation sites excluding steroid dienone is 4. The minimum absolute atomic E-state index is 0.168. The molecule has 0 fully saturated rings. The second-order valence-corrected chi connectivity index (χ2v) is 17.6. The highest BCUT2D eigenvalue weighted by Crippen LogP contribution is 2.54. The van der Waals surface area contributed by atoms with Crippen LogP contribution in [-0.4, -0.2) is 30.7 Å². The summed E-state index contributed by atoms with van der Waals surface area (Å²) in [7, 11) is 4.35. The molecule has 0 saturated carbocycles. The number of hydrogen-bond donors (Lipinski definition) is 0. The lowest BCUT2D eigenvalue weighted by atomic mass is 9.80. The highest BCUT2D eigenvalue weighted by Gasteiger charge is 2.38. The molecule has 2 aliphatic heterocycles. The number of benzene rings is 7. The van der Waals surface area contributed by atoms with E-state index in [1.165, 1.54) is 53.7 Å². The minimum Gasteiger partial charge on any atom is -0.458 e. The third-order valence-electron chi connectivity index (χ3n) is 12.9. The van der Waals surface area contributed by atoms with E-state index in [0.29, 0.717) is 0 Å². The number of nitrogens with zero attached hydrogens (tertiary/aromatic N) is 4. The second-order valence-electron chi connectivity index (χ2n) is 16.5. The van der Waals surface area contributed by atoms with Crippen LogP contribution in [-0.2, 0) is 0 Å². The van der Waals surface area contributed by atoms with E-state index < -0.39 is 0 Å². The van der Waals surface area contributed by atoms with E-state index in [1.807, 2.05) is 17.4 Å². The summed E-state index contributed by atoms with van der Waals surface area (Å²) in [5.74, 6) is 2.84. The van der Waals surface area contributed by atoms with Gasteiger partial charge in [0, 0.05) is 73.5 Å². The molecule has 6 heteroatoms. The molecule has 1 aliphatic carbocycles. The average Bonchev–Trinajstić information content (AvgIpc) is 3.91. The molecular weight excluding hydrogens is 777 g/mol. The third-order valence-corrected chi connectivity index (χ3v) is 14.1. The molecule has 298 valence electrons. The molecular formula is C56H42N4OS. The van der Waals surface area contributed by atoms with E-state index in [4.69, 9.17) is 14.4 Å². The van der Waals surface area contributed by atoms with Crippen molar-refractivity contribution in [1.82, 2.24) is 4.90 Å². The molecule has 12 rings (SSSR count). The Kier molecular flexibility index (Phi) is 8.68. The van der Waals surface area contributed by atoms with Crippen LogP contribution in [0.5, 0.6) is 0 Å². The first kappa shape index (κ1) is 36.6. The van der Waals surface area contributed by atoms with E-state index in [0.717, 1.165) is 57.1 Å². The van der Waals surface area contributed by atoms with Crippen LogP contribution in [0.25, 0.3) is 47.8 Å². The maximum absolute atomic E-state index is 7.00. The van der Waals surface area contributed by atoms with Gasteiger partial charge in [-0.05, 0) is 64.6 Å². The smallest absolute Gasteiger partial charge is 0.159 e. The molecule has 3 atom stereocenters. The number of thiophene rings is 1. The molecule has 2 aromatic heterocycles. The summed E-state index contributed by atoms with van der Waals surface area (Å²) in [5.41, 5.74) is 12.7. The quantitative estimate of drug-likeness (QED) is 0.168. The van der Waals surface area contributed by atoms with Gasteiger partial charge >= 0.3 is 0 Å². The fourth-order valence-electron chi connectivity index (χ4n) is 9.95. The van der Waals surface area contributed by atoms with Crippen molar-refractivity contribution in [2.24, 2.45) is 9.98 Å². The fraction of sp³-hybridized carbons (Fsp3) is 0.107. The van der Waals surface area contributed by atoms with Crippen molar-refractivity contribution < 1.29 is 4.42 Å². The molecule has 0 N–H and O–H groups in total. The topological polar surface area (TPSA) is 44.3 Å². The normalized spacial score (nSPS) is 18.4. The van der Waals surface area contributed by atoms with Crippen LogP contribution in [0.2, 0.25) is 0 Å². The van der Waals surface area contributed by atoms with Crippen molar-refractivity contribution in [1.29, 1.82) is 0 Å². The molecule has 62 heavy (non-hydrogen) atoms. The van der Waals surface area contributed by atoms with Gasteiger partial charge in [-0.3, -0.25) is 0 Å². The molecule has 9 aromatic rings. The van der Waals surface area contributed by atoms with Gasteiger partial charge in [0.15, 0.2) is 12.0 Å². The van der Waals surface area contributed by atoms with E-state index in [-0.39, 0.29) is 18.1 Å². The van der Waals surface area contributed by atoms with Crippen molar-refractivity contribution in [3.05, 3.63) is 227 Å². The maximum atomic E-state index is 7.00. The van der Waals surface area contributed by atoms with Gasteiger partial charge in [-0.25, -0.2) is 9.98 Å². The number of fused-ring (bicyclic) bond motifs is 8. The minimum atomic E-state index is -0.322. The van der Waals surface area contributed by atoms with E-state index in [9.17, 15) is 0 Å². The van der Waals surface area contributed by atoms with Gasteiger partial charge < -0.3 is 14.2 Å².